The number of aromatic nitrogens is 2. The monoisotopic (exact) mass is 310 g/mol. The second-order valence-corrected chi connectivity index (χ2v) is 5.72. The number of hydrogen-bond acceptors (Lipinski definition) is 6. The molecule has 1 aromatic heterocycles. The van der Waals surface area contributed by atoms with Gasteiger partial charge in [0.1, 0.15) is 0 Å². The fourth-order valence-electron chi connectivity index (χ4n) is 2.05. The summed E-state index contributed by atoms with van der Waals surface area (Å²) in [5.74, 6) is 0. The van der Waals surface area contributed by atoms with Gasteiger partial charge in [-0.25, -0.2) is 0 Å². The average Bonchev–Trinajstić information content (AvgIpc) is 2.85. The van der Waals surface area contributed by atoms with Crippen LogP contribution in [0.3, 0.4) is 0 Å². The smallest absolute Gasteiger partial charge is 0.376 e. The van der Waals surface area contributed by atoms with E-state index in [1.807, 2.05) is 0 Å². The number of ether oxygens (including phenoxy) is 1. The Morgan fingerprint density at radius 1 is 1.25 bits per heavy atom. The van der Waals surface area contributed by atoms with E-state index in [0.29, 0.717) is 24.5 Å². The van der Waals surface area contributed by atoms with Gasteiger partial charge in [0.15, 0.2) is 0 Å². The van der Waals surface area contributed by atoms with E-state index >= 15 is 0 Å². The molecule has 3 N–H and O–H groups in total. The van der Waals surface area contributed by atoms with Crippen molar-refractivity contribution in [3.8, 4) is 0 Å². The normalized spacial score (nSPS) is 23.8. The van der Waals surface area contributed by atoms with Crippen molar-refractivity contribution in [1.82, 2.24) is 10.2 Å². The summed E-state index contributed by atoms with van der Waals surface area (Å²) >= 11 is 0.496. The van der Waals surface area contributed by atoms with Crippen LogP contribution in [0, 0.1) is 0 Å². The molecule has 1 aliphatic carbocycles. The number of alkyl halides is 3. The molecule has 0 aliphatic heterocycles. The standard InChI is InChI=1S/C11H17F3N4OS/c12-11(13,14)9-17-18-10(20-9)16-5-6-19-8-3-1-7(15)2-4-8/h7-8H,1-6,15H2,(H,16,18). The first kappa shape index (κ1) is 15.5. The molecule has 0 saturated heterocycles. The van der Waals surface area contributed by atoms with Crippen LogP contribution in [-0.2, 0) is 10.9 Å². The molecule has 0 atom stereocenters. The van der Waals surface area contributed by atoms with Gasteiger partial charge in [-0.3, -0.25) is 0 Å². The Balaban J connectivity index is 1.65. The molecular weight excluding hydrogens is 293 g/mol. The predicted octanol–water partition coefficient (Wildman–Crippen LogP) is 2.26. The van der Waals surface area contributed by atoms with Crippen molar-refractivity contribution in [3.05, 3.63) is 5.01 Å². The van der Waals surface area contributed by atoms with Crippen molar-refractivity contribution >= 4 is 16.5 Å². The first-order chi connectivity index (χ1) is 9.45. The summed E-state index contributed by atoms with van der Waals surface area (Å²) in [7, 11) is 0. The molecule has 1 heterocycles. The van der Waals surface area contributed by atoms with Gasteiger partial charge in [-0.1, -0.05) is 11.3 Å². The zero-order valence-electron chi connectivity index (χ0n) is 10.8. The Kier molecular flexibility index (Phi) is 5.17. The highest BCUT2D eigenvalue weighted by Gasteiger charge is 2.35. The Labute approximate surface area is 118 Å². The highest BCUT2D eigenvalue weighted by molar-refractivity contribution is 7.15. The van der Waals surface area contributed by atoms with E-state index < -0.39 is 11.2 Å². The molecule has 9 heteroatoms. The van der Waals surface area contributed by atoms with Crippen molar-refractivity contribution in [2.45, 2.75) is 44.0 Å². The molecule has 1 fully saturated rings. The average molecular weight is 310 g/mol. The molecule has 1 aliphatic rings. The minimum Gasteiger partial charge on any atom is -0.376 e. The first-order valence-corrected chi connectivity index (χ1v) is 7.28. The van der Waals surface area contributed by atoms with Crippen LogP contribution in [0.1, 0.15) is 30.7 Å². The Morgan fingerprint density at radius 3 is 2.55 bits per heavy atom. The molecule has 0 spiro atoms. The molecule has 1 saturated carbocycles. The fraction of sp³-hybridized carbons (Fsp3) is 0.818. The zero-order valence-corrected chi connectivity index (χ0v) is 11.6. The number of hydrogen-bond donors (Lipinski definition) is 2. The van der Waals surface area contributed by atoms with E-state index in [9.17, 15) is 13.2 Å². The number of halogens is 3. The van der Waals surface area contributed by atoms with Crippen LogP contribution < -0.4 is 11.1 Å². The summed E-state index contributed by atoms with van der Waals surface area (Å²) in [5.41, 5.74) is 5.79. The Hall–Kier alpha value is -0.930. The van der Waals surface area contributed by atoms with Gasteiger partial charge in [-0.15, -0.1) is 10.2 Å². The Morgan fingerprint density at radius 2 is 1.95 bits per heavy atom. The van der Waals surface area contributed by atoms with Crippen molar-refractivity contribution in [1.29, 1.82) is 0 Å². The van der Waals surface area contributed by atoms with Gasteiger partial charge < -0.3 is 15.8 Å². The van der Waals surface area contributed by atoms with Crippen molar-refractivity contribution in [2.75, 3.05) is 18.5 Å². The van der Waals surface area contributed by atoms with Crippen LogP contribution in [0.5, 0.6) is 0 Å². The first-order valence-electron chi connectivity index (χ1n) is 6.47. The highest BCUT2D eigenvalue weighted by atomic mass is 32.1. The molecule has 0 unspecified atom stereocenters. The molecule has 0 amide bonds. The highest BCUT2D eigenvalue weighted by Crippen LogP contribution is 2.32. The zero-order chi connectivity index (χ0) is 14.6. The largest absolute Gasteiger partial charge is 0.445 e. The molecule has 20 heavy (non-hydrogen) atoms. The molecule has 0 aromatic carbocycles. The summed E-state index contributed by atoms with van der Waals surface area (Å²) in [6, 6.07) is 0.273. The van der Waals surface area contributed by atoms with Gasteiger partial charge in [-0.05, 0) is 25.7 Å². The van der Waals surface area contributed by atoms with E-state index in [1.165, 1.54) is 0 Å². The van der Waals surface area contributed by atoms with E-state index in [1.54, 1.807) is 0 Å². The van der Waals surface area contributed by atoms with Crippen molar-refractivity contribution < 1.29 is 17.9 Å². The SMILES string of the molecule is NC1CCC(OCCNc2nnc(C(F)(F)F)s2)CC1. The number of nitrogens with zero attached hydrogens (tertiary/aromatic N) is 2. The Bertz CT molecular complexity index is 418. The summed E-state index contributed by atoms with van der Waals surface area (Å²) in [6.07, 6.45) is -0.421. The van der Waals surface area contributed by atoms with Crippen molar-refractivity contribution in [2.24, 2.45) is 5.73 Å². The maximum Gasteiger partial charge on any atom is 0.445 e. The second-order valence-electron chi connectivity index (χ2n) is 4.74. The van der Waals surface area contributed by atoms with Gasteiger partial charge in [0.25, 0.3) is 0 Å². The van der Waals surface area contributed by atoms with Gasteiger partial charge >= 0.3 is 6.18 Å². The lowest BCUT2D eigenvalue weighted by molar-refractivity contribution is -0.138. The number of rotatable bonds is 5. The predicted molar refractivity (Wildman–Crippen MR) is 69.6 cm³/mol. The van der Waals surface area contributed by atoms with Crippen LogP contribution in [0.15, 0.2) is 0 Å². The summed E-state index contributed by atoms with van der Waals surface area (Å²) in [6.45, 7) is 0.843. The number of nitrogens with one attached hydrogen (secondary N) is 1. The molecule has 1 aromatic rings. The van der Waals surface area contributed by atoms with Gasteiger partial charge in [0, 0.05) is 12.6 Å². The minimum atomic E-state index is -4.44. The molecule has 0 radical (unpaired) electrons. The summed E-state index contributed by atoms with van der Waals surface area (Å²) in [4.78, 5) is 0. The van der Waals surface area contributed by atoms with Crippen molar-refractivity contribution in [3.63, 3.8) is 0 Å². The summed E-state index contributed by atoms with van der Waals surface area (Å²) < 4.78 is 42.6. The second kappa shape index (κ2) is 6.68. The van der Waals surface area contributed by atoms with E-state index in [2.05, 4.69) is 15.5 Å². The minimum absolute atomic E-state index is 0.159. The third-order valence-electron chi connectivity index (χ3n) is 3.12. The quantitative estimate of drug-likeness (QED) is 0.816. The van der Waals surface area contributed by atoms with E-state index in [4.69, 9.17) is 10.5 Å². The molecular formula is C11H17F3N4OS. The van der Waals surface area contributed by atoms with Gasteiger partial charge in [0.2, 0.25) is 10.1 Å². The molecule has 2 rings (SSSR count). The lowest BCUT2D eigenvalue weighted by Gasteiger charge is -2.26. The number of nitrogens with two attached hydrogens (primary N) is 1. The number of anilines is 1. The topological polar surface area (TPSA) is 73.1 Å². The van der Waals surface area contributed by atoms with Crippen LogP contribution >= 0.6 is 11.3 Å². The maximum atomic E-state index is 12.3. The van der Waals surface area contributed by atoms with Crippen LogP contribution in [-0.4, -0.2) is 35.5 Å². The maximum absolute atomic E-state index is 12.3. The molecule has 0 bridgehead atoms. The van der Waals surface area contributed by atoms with Gasteiger partial charge in [-0.2, -0.15) is 13.2 Å². The molecule has 114 valence electrons. The van der Waals surface area contributed by atoms with E-state index in [-0.39, 0.29) is 17.3 Å². The van der Waals surface area contributed by atoms with Gasteiger partial charge in [0.05, 0.1) is 12.7 Å². The fourth-order valence-corrected chi connectivity index (χ4v) is 2.68. The molecule has 5 nitrogen and oxygen atoms in total. The van der Waals surface area contributed by atoms with Crippen LogP contribution in [0.2, 0.25) is 0 Å². The van der Waals surface area contributed by atoms with Crippen LogP contribution in [0.25, 0.3) is 0 Å². The van der Waals surface area contributed by atoms with E-state index in [0.717, 1.165) is 25.7 Å². The van der Waals surface area contributed by atoms with Crippen LogP contribution in [0.4, 0.5) is 18.3 Å². The third-order valence-corrected chi connectivity index (χ3v) is 4.04. The lowest BCUT2D eigenvalue weighted by Crippen LogP contribution is -2.31. The third kappa shape index (κ3) is 4.57. The summed E-state index contributed by atoms with van der Waals surface area (Å²) in [5, 5.41) is 8.53. The lowest BCUT2D eigenvalue weighted by atomic mass is 9.94.